The fourth-order valence-corrected chi connectivity index (χ4v) is 4.24. The predicted molar refractivity (Wildman–Crippen MR) is 97.9 cm³/mol. The highest BCUT2D eigenvalue weighted by Gasteiger charge is 2.30. The minimum Gasteiger partial charge on any atom is -0.454 e. The Morgan fingerprint density at radius 2 is 1.89 bits per heavy atom. The molecule has 2 N–H and O–H groups in total. The molecule has 10 heteroatoms. The van der Waals surface area contributed by atoms with E-state index in [1.807, 2.05) is 0 Å². The molecule has 2 aliphatic heterocycles. The van der Waals surface area contributed by atoms with Crippen molar-refractivity contribution in [3.05, 3.63) is 18.2 Å². The molecule has 2 aliphatic rings. The number of anilines is 1. The average Bonchev–Trinajstić information content (AvgIpc) is 3.13. The van der Waals surface area contributed by atoms with Gasteiger partial charge in [-0.3, -0.25) is 13.9 Å². The SMILES string of the molecule is CCS(=O)(=O)N(CC(=O)N1CCC(C(N)=O)CC1)c1ccc2c(c1)OCO2. The molecule has 1 aromatic carbocycles. The zero-order valence-electron chi connectivity index (χ0n) is 15.1. The van der Waals surface area contributed by atoms with Gasteiger partial charge >= 0.3 is 0 Å². The number of primary amides is 1. The third kappa shape index (κ3) is 4.10. The summed E-state index contributed by atoms with van der Waals surface area (Å²) in [5, 5.41) is 0. The lowest BCUT2D eigenvalue weighted by atomic mass is 9.96. The molecule has 0 saturated carbocycles. The molecular weight excluding hydrogens is 374 g/mol. The van der Waals surface area contributed by atoms with Crippen LogP contribution in [0, 0.1) is 5.92 Å². The molecule has 0 radical (unpaired) electrons. The monoisotopic (exact) mass is 397 g/mol. The second-order valence-corrected chi connectivity index (χ2v) is 8.68. The molecule has 0 atom stereocenters. The van der Waals surface area contributed by atoms with E-state index in [1.165, 1.54) is 6.92 Å². The van der Waals surface area contributed by atoms with E-state index in [2.05, 4.69) is 0 Å². The summed E-state index contributed by atoms with van der Waals surface area (Å²) in [6.45, 7) is 2.06. The van der Waals surface area contributed by atoms with Crippen LogP contribution in [0.1, 0.15) is 19.8 Å². The van der Waals surface area contributed by atoms with Crippen molar-refractivity contribution in [1.82, 2.24) is 4.90 Å². The summed E-state index contributed by atoms with van der Waals surface area (Å²) in [7, 11) is -3.67. The summed E-state index contributed by atoms with van der Waals surface area (Å²) >= 11 is 0. The van der Waals surface area contributed by atoms with Crippen LogP contribution >= 0.6 is 0 Å². The van der Waals surface area contributed by atoms with Gasteiger partial charge in [0.15, 0.2) is 11.5 Å². The minimum absolute atomic E-state index is 0.0764. The minimum atomic E-state index is -3.67. The summed E-state index contributed by atoms with van der Waals surface area (Å²) in [6, 6.07) is 4.77. The highest BCUT2D eigenvalue weighted by atomic mass is 32.2. The third-order valence-electron chi connectivity index (χ3n) is 4.87. The number of hydrogen-bond donors (Lipinski definition) is 1. The van der Waals surface area contributed by atoms with Crippen molar-refractivity contribution in [2.45, 2.75) is 19.8 Å². The zero-order valence-corrected chi connectivity index (χ0v) is 15.9. The Hall–Kier alpha value is -2.49. The molecule has 2 heterocycles. The molecule has 0 aromatic heterocycles. The predicted octanol–water partition coefficient (Wildman–Crippen LogP) is 0.295. The van der Waals surface area contributed by atoms with Gasteiger partial charge in [-0.15, -0.1) is 0 Å². The molecule has 0 unspecified atom stereocenters. The van der Waals surface area contributed by atoms with E-state index in [9.17, 15) is 18.0 Å². The fraction of sp³-hybridized carbons (Fsp3) is 0.529. The lowest BCUT2D eigenvalue weighted by Crippen LogP contribution is -2.47. The van der Waals surface area contributed by atoms with Crippen LogP contribution in [0.25, 0.3) is 0 Å². The molecule has 9 nitrogen and oxygen atoms in total. The fourth-order valence-electron chi connectivity index (χ4n) is 3.18. The van der Waals surface area contributed by atoms with Crippen LogP contribution in [0.5, 0.6) is 11.5 Å². The summed E-state index contributed by atoms with van der Waals surface area (Å²) in [5.41, 5.74) is 5.66. The van der Waals surface area contributed by atoms with Gasteiger partial charge in [0.05, 0.1) is 11.4 Å². The van der Waals surface area contributed by atoms with E-state index >= 15 is 0 Å². The number of likely N-dealkylation sites (tertiary alicyclic amines) is 1. The molecular formula is C17H23N3O6S. The Kier molecular flexibility index (Phi) is 5.45. The van der Waals surface area contributed by atoms with Gasteiger partial charge in [0, 0.05) is 25.1 Å². The van der Waals surface area contributed by atoms with Crippen LogP contribution in [0.15, 0.2) is 18.2 Å². The third-order valence-corrected chi connectivity index (χ3v) is 6.61. The van der Waals surface area contributed by atoms with E-state index < -0.39 is 10.0 Å². The molecule has 1 aromatic rings. The number of piperidine rings is 1. The van der Waals surface area contributed by atoms with E-state index in [-0.39, 0.29) is 36.8 Å². The number of benzene rings is 1. The normalized spacial score (nSPS) is 17.0. The number of nitrogens with zero attached hydrogens (tertiary/aromatic N) is 2. The first-order valence-electron chi connectivity index (χ1n) is 8.79. The van der Waals surface area contributed by atoms with E-state index in [0.29, 0.717) is 43.1 Å². The zero-order chi connectivity index (χ0) is 19.6. The van der Waals surface area contributed by atoms with E-state index in [1.54, 1.807) is 23.1 Å². The number of carbonyl (C=O) groups excluding carboxylic acids is 2. The maximum absolute atomic E-state index is 12.7. The van der Waals surface area contributed by atoms with Gasteiger partial charge in [0.25, 0.3) is 0 Å². The van der Waals surface area contributed by atoms with Crippen molar-refractivity contribution in [3.8, 4) is 11.5 Å². The van der Waals surface area contributed by atoms with Gasteiger partial charge in [0.2, 0.25) is 28.6 Å². The van der Waals surface area contributed by atoms with Crippen LogP contribution in [-0.2, 0) is 19.6 Å². The Bertz CT molecular complexity index is 833. The van der Waals surface area contributed by atoms with Gasteiger partial charge in [-0.25, -0.2) is 8.42 Å². The quantitative estimate of drug-likeness (QED) is 0.737. The lowest BCUT2D eigenvalue weighted by molar-refractivity contribution is -0.133. The number of rotatable bonds is 6. The molecule has 1 saturated heterocycles. The van der Waals surface area contributed by atoms with Crippen LogP contribution < -0.4 is 19.5 Å². The van der Waals surface area contributed by atoms with Crippen LogP contribution in [-0.4, -0.2) is 57.3 Å². The maximum atomic E-state index is 12.7. The second-order valence-electron chi connectivity index (χ2n) is 6.50. The standard InChI is InChI=1S/C17H23N3O6S/c1-2-27(23,24)20(13-3-4-14-15(9-13)26-11-25-14)10-16(21)19-7-5-12(6-8-19)17(18)22/h3-4,9,12H,2,5-8,10-11H2,1H3,(H2,18,22). The van der Waals surface area contributed by atoms with Crippen LogP contribution in [0.3, 0.4) is 0 Å². The number of ether oxygens (including phenoxy) is 2. The summed E-state index contributed by atoms with van der Waals surface area (Å²) in [4.78, 5) is 25.5. The van der Waals surface area contributed by atoms with Crippen molar-refractivity contribution >= 4 is 27.5 Å². The molecule has 0 aliphatic carbocycles. The van der Waals surface area contributed by atoms with Crippen molar-refractivity contribution in [3.63, 3.8) is 0 Å². The molecule has 0 bridgehead atoms. The first-order valence-corrected chi connectivity index (χ1v) is 10.4. The van der Waals surface area contributed by atoms with Gasteiger partial charge in [0.1, 0.15) is 6.54 Å². The van der Waals surface area contributed by atoms with Crippen LogP contribution in [0.4, 0.5) is 5.69 Å². The number of carbonyl (C=O) groups is 2. The average molecular weight is 397 g/mol. The Balaban J connectivity index is 1.77. The number of amides is 2. The molecule has 2 amide bonds. The molecule has 3 rings (SSSR count). The van der Waals surface area contributed by atoms with Gasteiger partial charge < -0.3 is 20.1 Å². The number of sulfonamides is 1. The highest BCUT2D eigenvalue weighted by molar-refractivity contribution is 7.92. The number of fused-ring (bicyclic) bond motifs is 1. The first-order chi connectivity index (χ1) is 12.8. The van der Waals surface area contributed by atoms with Crippen molar-refractivity contribution in [2.24, 2.45) is 11.7 Å². The topological polar surface area (TPSA) is 119 Å². The first kappa shape index (κ1) is 19.3. The molecule has 1 fully saturated rings. The van der Waals surface area contributed by atoms with Gasteiger partial charge in [-0.1, -0.05) is 0 Å². The Morgan fingerprint density at radius 3 is 2.52 bits per heavy atom. The lowest BCUT2D eigenvalue weighted by Gasteiger charge is -2.32. The van der Waals surface area contributed by atoms with Crippen molar-refractivity contribution < 1.29 is 27.5 Å². The number of nitrogens with two attached hydrogens (primary N) is 1. The van der Waals surface area contributed by atoms with Crippen LogP contribution in [0.2, 0.25) is 0 Å². The Labute approximate surface area is 158 Å². The molecule has 27 heavy (non-hydrogen) atoms. The summed E-state index contributed by atoms with van der Waals surface area (Å²) < 4.78 is 36.8. The van der Waals surface area contributed by atoms with Crippen molar-refractivity contribution in [1.29, 1.82) is 0 Å². The summed E-state index contributed by atoms with van der Waals surface area (Å²) in [6.07, 6.45) is 0.983. The summed E-state index contributed by atoms with van der Waals surface area (Å²) in [5.74, 6) is -0.0759. The largest absolute Gasteiger partial charge is 0.454 e. The maximum Gasteiger partial charge on any atom is 0.243 e. The smallest absolute Gasteiger partial charge is 0.243 e. The van der Waals surface area contributed by atoms with Crippen molar-refractivity contribution in [2.75, 3.05) is 36.5 Å². The molecule has 148 valence electrons. The van der Waals surface area contributed by atoms with Gasteiger partial charge in [-0.05, 0) is 31.9 Å². The van der Waals surface area contributed by atoms with E-state index in [0.717, 1.165) is 4.31 Å². The second kappa shape index (κ2) is 7.63. The number of hydrogen-bond acceptors (Lipinski definition) is 6. The Morgan fingerprint density at radius 1 is 1.22 bits per heavy atom. The molecule has 0 spiro atoms. The van der Waals surface area contributed by atoms with Gasteiger partial charge in [-0.2, -0.15) is 0 Å². The highest BCUT2D eigenvalue weighted by Crippen LogP contribution is 2.36. The van der Waals surface area contributed by atoms with E-state index in [4.69, 9.17) is 15.2 Å².